The molecule has 0 aromatic carbocycles. The molecule has 1 atom stereocenters. The molecular weight excluding hydrogens is 252 g/mol. The van der Waals surface area contributed by atoms with E-state index >= 15 is 0 Å². The fraction of sp³-hybridized carbons (Fsp3) is 0.938. The number of carbonyl (C=O) groups excluding carboxylic acids is 1. The van der Waals surface area contributed by atoms with E-state index in [-0.39, 0.29) is 0 Å². The first-order chi connectivity index (χ1) is 9.83. The van der Waals surface area contributed by atoms with Crippen LogP contribution in [0.3, 0.4) is 0 Å². The molecule has 4 heteroatoms. The Morgan fingerprint density at radius 3 is 2.55 bits per heavy atom. The lowest BCUT2D eigenvalue weighted by Crippen LogP contribution is -2.38. The maximum atomic E-state index is 12.5. The van der Waals surface area contributed by atoms with Gasteiger partial charge in [-0.3, -0.25) is 4.79 Å². The number of nitrogens with one attached hydrogen (secondary N) is 1. The monoisotopic (exact) mass is 280 g/mol. The minimum atomic E-state index is 0.401. The van der Waals surface area contributed by atoms with Crippen molar-refractivity contribution in [2.45, 2.75) is 51.0 Å². The molecule has 1 amide bonds. The number of hydrogen-bond acceptors (Lipinski definition) is 3. The van der Waals surface area contributed by atoms with E-state index < -0.39 is 0 Å². The summed E-state index contributed by atoms with van der Waals surface area (Å²) < 4.78 is 5.45. The smallest absolute Gasteiger partial charge is 0.222 e. The zero-order valence-corrected chi connectivity index (χ0v) is 12.5. The van der Waals surface area contributed by atoms with Gasteiger partial charge in [-0.25, -0.2) is 0 Å². The van der Waals surface area contributed by atoms with Gasteiger partial charge < -0.3 is 15.0 Å². The van der Waals surface area contributed by atoms with Crippen molar-refractivity contribution in [1.82, 2.24) is 10.2 Å². The van der Waals surface area contributed by atoms with Crippen molar-refractivity contribution in [3.8, 4) is 0 Å². The Hall–Kier alpha value is -0.610. The molecule has 1 unspecified atom stereocenters. The summed E-state index contributed by atoms with van der Waals surface area (Å²) in [6.07, 6.45) is 7.89. The number of nitrogens with zero attached hydrogens (tertiary/aromatic N) is 1. The van der Waals surface area contributed by atoms with Crippen LogP contribution in [0.5, 0.6) is 0 Å². The highest BCUT2D eigenvalue weighted by atomic mass is 16.5. The van der Waals surface area contributed by atoms with Gasteiger partial charge in [0, 0.05) is 31.5 Å². The Labute approximate surface area is 122 Å². The molecule has 3 aliphatic rings. The molecular formula is C16H28N2O2. The van der Waals surface area contributed by atoms with E-state index in [9.17, 15) is 4.79 Å². The molecule has 2 heterocycles. The maximum absolute atomic E-state index is 12.5. The summed E-state index contributed by atoms with van der Waals surface area (Å²) in [5.41, 5.74) is 0. The van der Waals surface area contributed by atoms with Crippen molar-refractivity contribution in [2.24, 2.45) is 11.8 Å². The number of rotatable bonds is 6. The lowest BCUT2D eigenvalue weighted by molar-refractivity contribution is -0.132. The van der Waals surface area contributed by atoms with E-state index in [1.165, 1.54) is 25.7 Å². The molecule has 0 aromatic heterocycles. The van der Waals surface area contributed by atoms with Gasteiger partial charge in [0.15, 0.2) is 0 Å². The van der Waals surface area contributed by atoms with Crippen LogP contribution in [0.4, 0.5) is 0 Å². The van der Waals surface area contributed by atoms with Crippen LogP contribution >= 0.6 is 0 Å². The van der Waals surface area contributed by atoms with Crippen LogP contribution in [0.1, 0.15) is 44.9 Å². The first kappa shape index (κ1) is 14.3. The largest absolute Gasteiger partial charge is 0.381 e. The highest BCUT2D eigenvalue weighted by Crippen LogP contribution is 2.30. The third-order valence-electron chi connectivity index (χ3n) is 5.01. The molecule has 1 aliphatic carbocycles. The Morgan fingerprint density at radius 1 is 1.10 bits per heavy atom. The van der Waals surface area contributed by atoms with E-state index in [1.54, 1.807) is 0 Å². The lowest BCUT2D eigenvalue weighted by atomic mass is 9.93. The van der Waals surface area contributed by atoms with Crippen LogP contribution in [-0.4, -0.2) is 49.7 Å². The number of piperidine rings is 1. The molecule has 2 saturated heterocycles. The molecule has 4 nitrogen and oxygen atoms in total. The van der Waals surface area contributed by atoms with Gasteiger partial charge in [0.05, 0.1) is 6.61 Å². The predicted octanol–water partition coefficient (Wildman–Crippen LogP) is 1.79. The van der Waals surface area contributed by atoms with Crippen LogP contribution in [0.25, 0.3) is 0 Å². The van der Waals surface area contributed by atoms with Crippen LogP contribution < -0.4 is 5.32 Å². The first-order valence-corrected chi connectivity index (χ1v) is 8.41. The Bertz CT molecular complexity index is 318. The van der Waals surface area contributed by atoms with Gasteiger partial charge in [-0.2, -0.15) is 0 Å². The molecule has 0 bridgehead atoms. The molecule has 2 aliphatic heterocycles. The molecule has 3 rings (SSSR count). The zero-order valence-electron chi connectivity index (χ0n) is 12.5. The molecule has 0 spiro atoms. The van der Waals surface area contributed by atoms with Crippen LogP contribution in [-0.2, 0) is 9.53 Å². The first-order valence-electron chi connectivity index (χ1n) is 8.41. The second-order valence-corrected chi connectivity index (χ2v) is 6.74. The van der Waals surface area contributed by atoms with Crippen LogP contribution in [0.15, 0.2) is 0 Å². The Kier molecular flexibility index (Phi) is 4.94. The lowest BCUT2D eigenvalue weighted by Gasteiger charge is -2.27. The van der Waals surface area contributed by atoms with Gasteiger partial charge in [-0.05, 0) is 57.5 Å². The van der Waals surface area contributed by atoms with Gasteiger partial charge in [-0.15, -0.1) is 0 Å². The summed E-state index contributed by atoms with van der Waals surface area (Å²) in [7, 11) is 0. The molecule has 1 saturated carbocycles. The topological polar surface area (TPSA) is 41.6 Å². The molecule has 1 N–H and O–H groups in total. The summed E-state index contributed by atoms with van der Waals surface area (Å²) in [5, 5.41) is 3.39. The summed E-state index contributed by atoms with van der Waals surface area (Å²) >= 11 is 0. The second-order valence-electron chi connectivity index (χ2n) is 6.74. The van der Waals surface area contributed by atoms with Crippen molar-refractivity contribution >= 4 is 5.91 Å². The van der Waals surface area contributed by atoms with E-state index in [4.69, 9.17) is 4.74 Å². The predicted molar refractivity (Wildman–Crippen MR) is 78.5 cm³/mol. The quantitative estimate of drug-likeness (QED) is 0.806. The highest BCUT2D eigenvalue weighted by molar-refractivity contribution is 5.76. The van der Waals surface area contributed by atoms with Gasteiger partial charge in [0.2, 0.25) is 5.91 Å². The zero-order chi connectivity index (χ0) is 13.8. The van der Waals surface area contributed by atoms with Gasteiger partial charge in [0.25, 0.3) is 0 Å². The van der Waals surface area contributed by atoms with E-state index in [2.05, 4.69) is 10.2 Å². The van der Waals surface area contributed by atoms with Gasteiger partial charge in [0.1, 0.15) is 0 Å². The third-order valence-corrected chi connectivity index (χ3v) is 5.01. The van der Waals surface area contributed by atoms with Crippen LogP contribution in [0, 0.1) is 11.8 Å². The summed E-state index contributed by atoms with van der Waals surface area (Å²) in [6.45, 7) is 4.93. The second kappa shape index (κ2) is 6.90. The van der Waals surface area contributed by atoms with Crippen molar-refractivity contribution in [1.29, 1.82) is 0 Å². The number of ether oxygens (including phenoxy) is 1. The number of hydrogen-bond donors (Lipinski definition) is 1. The third kappa shape index (κ3) is 3.95. The summed E-state index contributed by atoms with van der Waals surface area (Å²) in [5.74, 6) is 1.74. The van der Waals surface area contributed by atoms with Crippen molar-refractivity contribution in [3.05, 3.63) is 0 Å². The minimum Gasteiger partial charge on any atom is -0.381 e. The molecule has 0 radical (unpaired) electrons. The summed E-state index contributed by atoms with van der Waals surface area (Å²) in [4.78, 5) is 14.7. The Balaban J connectivity index is 1.44. The standard InChI is InChI=1S/C16H28N2O2/c19-16(4-1-13-5-8-17-9-6-13)18(15-2-3-15)11-14-7-10-20-12-14/h13-15,17H,1-12H2. The normalized spacial score (nSPS) is 27.7. The minimum absolute atomic E-state index is 0.401. The average molecular weight is 280 g/mol. The van der Waals surface area contributed by atoms with Crippen molar-refractivity contribution in [3.63, 3.8) is 0 Å². The highest BCUT2D eigenvalue weighted by Gasteiger charge is 2.34. The molecule has 114 valence electrons. The molecule has 20 heavy (non-hydrogen) atoms. The van der Waals surface area contributed by atoms with Crippen molar-refractivity contribution in [2.75, 3.05) is 32.8 Å². The SMILES string of the molecule is O=C(CCC1CCNCC1)N(CC1CCOC1)C1CC1. The number of amides is 1. The van der Waals surface area contributed by atoms with Gasteiger partial charge in [-0.1, -0.05) is 0 Å². The molecule has 0 aromatic rings. The van der Waals surface area contributed by atoms with Crippen molar-refractivity contribution < 1.29 is 9.53 Å². The fourth-order valence-electron chi connectivity index (χ4n) is 3.49. The van der Waals surface area contributed by atoms with Gasteiger partial charge >= 0.3 is 0 Å². The Morgan fingerprint density at radius 2 is 1.90 bits per heavy atom. The number of carbonyl (C=O) groups is 1. The van der Waals surface area contributed by atoms with Crippen LogP contribution in [0.2, 0.25) is 0 Å². The average Bonchev–Trinajstić information content (AvgIpc) is 3.20. The van der Waals surface area contributed by atoms with E-state index in [1.807, 2.05) is 0 Å². The van der Waals surface area contributed by atoms with E-state index in [0.717, 1.165) is 58.0 Å². The maximum Gasteiger partial charge on any atom is 0.222 e. The summed E-state index contributed by atoms with van der Waals surface area (Å²) in [6, 6.07) is 0.552. The van der Waals surface area contributed by atoms with E-state index in [0.29, 0.717) is 17.9 Å². The molecule has 3 fully saturated rings. The fourth-order valence-corrected chi connectivity index (χ4v) is 3.49.